The fourth-order valence-electron chi connectivity index (χ4n) is 3.04. The van der Waals surface area contributed by atoms with Gasteiger partial charge in [-0.15, -0.1) is 0 Å². The number of carboxylic acids is 1. The quantitative estimate of drug-likeness (QED) is 0.310. The van der Waals surface area contributed by atoms with Crippen LogP contribution < -0.4 is 5.32 Å². The summed E-state index contributed by atoms with van der Waals surface area (Å²) in [6.07, 6.45) is 9.23. The molecule has 28 heavy (non-hydrogen) atoms. The maximum Gasteiger partial charge on any atom is 0.326 e. The monoisotopic (exact) mass is 391 g/mol. The number of hydrogen-bond donors (Lipinski definition) is 3. The molecule has 0 unspecified atom stereocenters. The fourth-order valence-corrected chi connectivity index (χ4v) is 3.04. The predicted octanol–water partition coefficient (Wildman–Crippen LogP) is 3.99. The highest BCUT2D eigenvalue weighted by Gasteiger charge is 2.21. The first-order valence-electron chi connectivity index (χ1n) is 10.2. The van der Waals surface area contributed by atoms with Crippen molar-refractivity contribution >= 4 is 17.7 Å². The van der Waals surface area contributed by atoms with Crippen molar-refractivity contribution in [3.63, 3.8) is 0 Å². The van der Waals surface area contributed by atoms with E-state index in [1.165, 1.54) is 44.2 Å². The Labute approximate surface area is 167 Å². The number of amides is 1. The molecule has 0 fully saturated rings. The molecule has 0 aliphatic rings. The van der Waals surface area contributed by atoms with Crippen LogP contribution in [0.15, 0.2) is 24.3 Å². The maximum atomic E-state index is 12.0. The lowest BCUT2D eigenvalue weighted by Gasteiger charge is -2.14. The van der Waals surface area contributed by atoms with E-state index in [0.717, 1.165) is 19.3 Å². The number of carbonyl (C=O) groups is 3. The Balaban J connectivity index is 2.27. The summed E-state index contributed by atoms with van der Waals surface area (Å²) >= 11 is 0. The molecule has 0 heterocycles. The molecule has 0 saturated carbocycles. The average Bonchev–Trinajstić information content (AvgIpc) is 2.65. The minimum Gasteiger partial charge on any atom is -0.508 e. The van der Waals surface area contributed by atoms with Crippen LogP contribution in [0.2, 0.25) is 0 Å². The first-order chi connectivity index (χ1) is 13.4. The van der Waals surface area contributed by atoms with Crippen molar-refractivity contribution < 1.29 is 24.6 Å². The Morgan fingerprint density at radius 1 is 0.929 bits per heavy atom. The van der Waals surface area contributed by atoms with Gasteiger partial charge in [0.25, 0.3) is 0 Å². The second kappa shape index (κ2) is 13.7. The van der Waals surface area contributed by atoms with Crippen LogP contribution in [0.25, 0.3) is 0 Å². The zero-order valence-electron chi connectivity index (χ0n) is 16.8. The zero-order chi connectivity index (χ0) is 20.8. The lowest BCUT2D eigenvalue weighted by molar-refractivity contribution is -0.142. The zero-order valence-corrected chi connectivity index (χ0v) is 16.8. The van der Waals surface area contributed by atoms with Gasteiger partial charge in [0.05, 0.1) is 6.42 Å². The van der Waals surface area contributed by atoms with Gasteiger partial charge < -0.3 is 15.5 Å². The molecule has 0 spiro atoms. The summed E-state index contributed by atoms with van der Waals surface area (Å²) < 4.78 is 0. The summed E-state index contributed by atoms with van der Waals surface area (Å²) in [6.45, 7) is 2.19. The topological polar surface area (TPSA) is 104 Å². The number of Topliss-reactive ketones (excluding diaryl/α,β-unsaturated/α-hetero) is 1. The lowest BCUT2D eigenvalue weighted by atomic mass is 10.0. The molecule has 0 aliphatic carbocycles. The minimum absolute atomic E-state index is 0.0891. The molecule has 0 aliphatic heterocycles. The molecule has 6 heteroatoms. The fraction of sp³-hybridized carbons (Fsp3) is 0.591. The number of aliphatic carboxylic acids is 1. The van der Waals surface area contributed by atoms with E-state index in [1.54, 1.807) is 12.1 Å². The number of aromatic hydroxyl groups is 1. The summed E-state index contributed by atoms with van der Waals surface area (Å²) in [6, 6.07) is 5.02. The van der Waals surface area contributed by atoms with E-state index in [0.29, 0.717) is 12.0 Å². The van der Waals surface area contributed by atoms with E-state index in [-0.39, 0.29) is 24.4 Å². The third-order valence-electron chi connectivity index (χ3n) is 4.68. The standard InChI is InChI=1S/C22H33NO5/c1-2-3-4-5-6-7-8-9-10-19(25)16-21(26)23-20(22(27)28)15-17-11-13-18(24)14-12-17/h11-14,20,24H,2-10,15-16H2,1H3,(H,23,26)(H,27,28)/t20-/m0/s1. The smallest absolute Gasteiger partial charge is 0.326 e. The Kier molecular flexibility index (Phi) is 11.6. The van der Waals surface area contributed by atoms with Crippen LogP contribution in [0.3, 0.4) is 0 Å². The summed E-state index contributed by atoms with van der Waals surface area (Å²) in [5, 5.41) is 21.0. The summed E-state index contributed by atoms with van der Waals surface area (Å²) in [7, 11) is 0. The van der Waals surface area contributed by atoms with Crippen molar-refractivity contribution in [2.45, 2.75) is 83.6 Å². The van der Waals surface area contributed by atoms with Gasteiger partial charge in [0.2, 0.25) is 5.91 Å². The van der Waals surface area contributed by atoms with Crippen molar-refractivity contribution in [3.8, 4) is 5.75 Å². The summed E-state index contributed by atoms with van der Waals surface area (Å²) in [5.41, 5.74) is 0.677. The highest BCUT2D eigenvalue weighted by atomic mass is 16.4. The molecular formula is C22H33NO5. The molecule has 1 amide bonds. The first-order valence-corrected chi connectivity index (χ1v) is 10.2. The van der Waals surface area contributed by atoms with Crippen LogP contribution in [0.4, 0.5) is 0 Å². The number of rotatable bonds is 15. The third-order valence-corrected chi connectivity index (χ3v) is 4.68. The molecule has 1 aromatic rings. The Bertz CT molecular complexity index is 612. The number of phenolic OH excluding ortho intramolecular Hbond substituents is 1. The van der Waals surface area contributed by atoms with Crippen LogP contribution >= 0.6 is 0 Å². The van der Waals surface area contributed by atoms with Crippen molar-refractivity contribution in [1.82, 2.24) is 5.32 Å². The van der Waals surface area contributed by atoms with E-state index in [1.807, 2.05) is 0 Å². The predicted molar refractivity (Wildman–Crippen MR) is 108 cm³/mol. The molecular weight excluding hydrogens is 358 g/mol. The molecule has 0 aromatic heterocycles. The Morgan fingerprint density at radius 2 is 1.50 bits per heavy atom. The molecule has 3 N–H and O–H groups in total. The molecule has 0 saturated heterocycles. The number of nitrogens with one attached hydrogen (secondary N) is 1. The normalized spacial score (nSPS) is 11.8. The number of ketones is 1. The Morgan fingerprint density at radius 3 is 2.07 bits per heavy atom. The van der Waals surface area contributed by atoms with E-state index >= 15 is 0 Å². The first kappa shape index (κ1) is 23.7. The van der Waals surface area contributed by atoms with Crippen LogP contribution in [-0.2, 0) is 20.8 Å². The number of carboxylic acid groups (broad SMARTS) is 1. The number of unbranched alkanes of at least 4 members (excludes halogenated alkanes) is 7. The van der Waals surface area contributed by atoms with Gasteiger partial charge in [-0.1, -0.05) is 64.0 Å². The maximum absolute atomic E-state index is 12.0. The number of carbonyl (C=O) groups excluding carboxylic acids is 2. The highest BCUT2D eigenvalue weighted by Crippen LogP contribution is 2.12. The molecule has 156 valence electrons. The van der Waals surface area contributed by atoms with E-state index in [4.69, 9.17) is 0 Å². The van der Waals surface area contributed by atoms with Crippen molar-refractivity contribution in [2.75, 3.05) is 0 Å². The minimum atomic E-state index is -1.16. The van der Waals surface area contributed by atoms with Gasteiger partial charge in [-0.3, -0.25) is 9.59 Å². The van der Waals surface area contributed by atoms with Gasteiger partial charge in [-0.2, -0.15) is 0 Å². The van der Waals surface area contributed by atoms with Gasteiger partial charge in [-0.05, 0) is 24.1 Å². The number of benzene rings is 1. The van der Waals surface area contributed by atoms with Crippen molar-refractivity contribution in [1.29, 1.82) is 0 Å². The van der Waals surface area contributed by atoms with Gasteiger partial charge in [0.1, 0.15) is 17.6 Å². The van der Waals surface area contributed by atoms with Gasteiger partial charge >= 0.3 is 5.97 Å². The SMILES string of the molecule is CCCCCCCCCCC(=O)CC(=O)N[C@@H](Cc1ccc(O)cc1)C(=O)O. The van der Waals surface area contributed by atoms with Crippen LogP contribution in [0.1, 0.15) is 76.7 Å². The molecule has 6 nitrogen and oxygen atoms in total. The molecule has 1 atom stereocenters. The largest absolute Gasteiger partial charge is 0.508 e. The highest BCUT2D eigenvalue weighted by molar-refractivity contribution is 5.99. The van der Waals surface area contributed by atoms with Crippen molar-refractivity contribution in [2.24, 2.45) is 0 Å². The second-order valence-electron chi connectivity index (χ2n) is 7.27. The molecule has 1 rings (SSSR count). The van der Waals surface area contributed by atoms with E-state index < -0.39 is 17.9 Å². The van der Waals surface area contributed by atoms with Crippen molar-refractivity contribution in [3.05, 3.63) is 29.8 Å². The number of hydrogen-bond acceptors (Lipinski definition) is 4. The summed E-state index contributed by atoms with van der Waals surface area (Å²) in [5.74, 6) is -1.78. The summed E-state index contributed by atoms with van der Waals surface area (Å²) in [4.78, 5) is 35.3. The Hall–Kier alpha value is -2.37. The third kappa shape index (κ3) is 10.7. The molecule has 0 radical (unpaired) electrons. The van der Waals surface area contributed by atoms with E-state index in [2.05, 4.69) is 12.2 Å². The average molecular weight is 392 g/mol. The van der Waals surface area contributed by atoms with Crippen LogP contribution in [0.5, 0.6) is 5.75 Å². The molecule has 1 aromatic carbocycles. The van der Waals surface area contributed by atoms with Gasteiger partial charge in [0, 0.05) is 12.8 Å². The van der Waals surface area contributed by atoms with E-state index in [9.17, 15) is 24.6 Å². The van der Waals surface area contributed by atoms with Gasteiger partial charge in [0.15, 0.2) is 0 Å². The number of phenols is 1. The van der Waals surface area contributed by atoms with Crippen LogP contribution in [0, 0.1) is 0 Å². The van der Waals surface area contributed by atoms with Crippen LogP contribution in [-0.4, -0.2) is 33.9 Å². The molecule has 0 bridgehead atoms. The lowest BCUT2D eigenvalue weighted by Crippen LogP contribution is -2.42. The second-order valence-corrected chi connectivity index (χ2v) is 7.27. The van der Waals surface area contributed by atoms with Gasteiger partial charge in [-0.25, -0.2) is 4.79 Å².